The molecule has 0 bridgehead atoms. The van der Waals surface area contributed by atoms with Crippen LogP contribution in [0.4, 0.5) is 5.69 Å². The van der Waals surface area contributed by atoms with E-state index in [4.69, 9.17) is 15.2 Å². The van der Waals surface area contributed by atoms with Gasteiger partial charge in [0.15, 0.2) is 5.96 Å². The molecule has 0 aliphatic rings. The molecular formula is C19H24N4O3. The molecule has 26 heavy (non-hydrogen) atoms. The number of hydrogen-bond acceptors (Lipinski definition) is 4. The molecule has 2 aromatic rings. The van der Waals surface area contributed by atoms with E-state index >= 15 is 0 Å². The Morgan fingerprint density at radius 1 is 1.12 bits per heavy atom. The smallest absolute Gasteiger partial charge is 0.241 e. The van der Waals surface area contributed by atoms with Gasteiger partial charge in [0.1, 0.15) is 18.0 Å². The van der Waals surface area contributed by atoms with E-state index in [2.05, 4.69) is 15.6 Å². The predicted octanol–water partition coefficient (Wildman–Crippen LogP) is 1.79. The maximum Gasteiger partial charge on any atom is 0.241 e. The Morgan fingerprint density at radius 2 is 1.88 bits per heavy atom. The number of methoxy groups -OCH3 is 2. The molecule has 0 unspecified atom stereocenters. The van der Waals surface area contributed by atoms with Crippen LogP contribution in [-0.4, -0.2) is 39.2 Å². The van der Waals surface area contributed by atoms with Gasteiger partial charge in [0.05, 0.1) is 19.9 Å². The number of amides is 1. The molecule has 138 valence electrons. The monoisotopic (exact) mass is 356 g/mol. The average Bonchev–Trinajstić information content (AvgIpc) is 2.67. The van der Waals surface area contributed by atoms with Gasteiger partial charge in [-0.2, -0.15) is 0 Å². The van der Waals surface area contributed by atoms with E-state index < -0.39 is 0 Å². The van der Waals surface area contributed by atoms with Crippen molar-refractivity contribution >= 4 is 17.6 Å². The van der Waals surface area contributed by atoms with E-state index in [1.54, 1.807) is 32.4 Å². The van der Waals surface area contributed by atoms with Gasteiger partial charge in [-0.1, -0.05) is 30.3 Å². The number of anilines is 1. The molecule has 0 heterocycles. The zero-order valence-corrected chi connectivity index (χ0v) is 15.0. The highest BCUT2D eigenvalue weighted by atomic mass is 16.5. The molecule has 2 rings (SSSR count). The highest BCUT2D eigenvalue weighted by Crippen LogP contribution is 2.28. The minimum absolute atomic E-state index is 0.0556. The van der Waals surface area contributed by atoms with Crippen LogP contribution in [0.15, 0.2) is 53.5 Å². The normalized spacial score (nSPS) is 10.9. The van der Waals surface area contributed by atoms with Crippen LogP contribution >= 0.6 is 0 Å². The summed E-state index contributed by atoms with van der Waals surface area (Å²) < 4.78 is 10.4. The third kappa shape index (κ3) is 6.01. The van der Waals surface area contributed by atoms with E-state index in [1.165, 1.54) is 5.56 Å². The Morgan fingerprint density at radius 3 is 2.58 bits per heavy atom. The number of benzene rings is 2. The molecule has 0 saturated heterocycles. The number of nitrogens with zero attached hydrogens (tertiary/aromatic N) is 1. The van der Waals surface area contributed by atoms with Gasteiger partial charge >= 0.3 is 0 Å². The van der Waals surface area contributed by atoms with Crippen LogP contribution < -0.4 is 25.8 Å². The first-order valence-corrected chi connectivity index (χ1v) is 8.22. The second kappa shape index (κ2) is 9.93. The first-order chi connectivity index (χ1) is 12.6. The van der Waals surface area contributed by atoms with E-state index in [0.717, 1.165) is 6.42 Å². The summed E-state index contributed by atoms with van der Waals surface area (Å²) in [6, 6.07) is 15.2. The fourth-order valence-electron chi connectivity index (χ4n) is 2.29. The van der Waals surface area contributed by atoms with Gasteiger partial charge in [-0.25, -0.2) is 4.99 Å². The number of nitrogens with two attached hydrogens (primary N) is 1. The number of hydrogen-bond donors (Lipinski definition) is 3. The van der Waals surface area contributed by atoms with Crippen LogP contribution in [0.5, 0.6) is 11.5 Å². The third-order valence-electron chi connectivity index (χ3n) is 3.64. The van der Waals surface area contributed by atoms with Crippen molar-refractivity contribution in [2.75, 3.05) is 32.6 Å². The van der Waals surface area contributed by atoms with Crippen molar-refractivity contribution in [2.24, 2.45) is 10.7 Å². The van der Waals surface area contributed by atoms with Crippen LogP contribution in [0, 0.1) is 0 Å². The van der Waals surface area contributed by atoms with Gasteiger partial charge in [-0.05, 0) is 24.1 Å². The fraction of sp³-hybridized carbons (Fsp3) is 0.263. The molecule has 0 radical (unpaired) electrons. The summed E-state index contributed by atoms with van der Waals surface area (Å²) in [5, 5.41) is 5.73. The zero-order valence-electron chi connectivity index (χ0n) is 15.0. The van der Waals surface area contributed by atoms with Gasteiger partial charge in [0, 0.05) is 12.6 Å². The highest BCUT2D eigenvalue weighted by molar-refractivity contribution is 5.95. The number of guanidine groups is 1. The van der Waals surface area contributed by atoms with Crippen LogP contribution in [0.25, 0.3) is 0 Å². The van der Waals surface area contributed by atoms with Gasteiger partial charge in [-0.3, -0.25) is 4.79 Å². The quantitative estimate of drug-likeness (QED) is 0.495. The van der Waals surface area contributed by atoms with E-state index in [1.807, 2.05) is 30.3 Å². The van der Waals surface area contributed by atoms with Crippen LogP contribution in [0.3, 0.4) is 0 Å². The first-order valence-electron chi connectivity index (χ1n) is 8.22. The van der Waals surface area contributed by atoms with Gasteiger partial charge < -0.3 is 25.8 Å². The Kier molecular flexibility index (Phi) is 7.30. The van der Waals surface area contributed by atoms with E-state index in [9.17, 15) is 4.79 Å². The van der Waals surface area contributed by atoms with Crippen molar-refractivity contribution < 1.29 is 14.3 Å². The topological polar surface area (TPSA) is 98.0 Å². The molecule has 1 amide bonds. The largest absolute Gasteiger partial charge is 0.497 e. The summed E-state index contributed by atoms with van der Waals surface area (Å²) in [5.74, 6) is 1.18. The molecule has 7 nitrogen and oxygen atoms in total. The number of rotatable bonds is 8. The first kappa shape index (κ1) is 19.1. The van der Waals surface area contributed by atoms with E-state index in [0.29, 0.717) is 23.7 Å². The minimum atomic E-state index is -0.191. The third-order valence-corrected chi connectivity index (χ3v) is 3.64. The van der Waals surface area contributed by atoms with Crippen LogP contribution in [-0.2, 0) is 11.2 Å². The molecule has 0 aliphatic carbocycles. The van der Waals surface area contributed by atoms with Crippen molar-refractivity contribution in [3.05, 3.63) is 54.1 Å². The van der Waals surface area contributed by atoms with Crippen molar-refractivity contribution in [1.29, 1.82) is 0 Å². The lowest BCUT2D eigenvalue weighted by Crippen LogP contribution is -2.30. The van der Waals surface area contributed by atoms with Crippen LogP contribution in [0.2, 0.25) is 0 Å². The molecule has 7 heteroatoms. The molecule has 0 aliphatic heterocycles. The Hall–Kier alpha value is -3.22. The Balaban J connectivity index is 1.83. The summed E-state index contributed by atoms with van der Waals surface area (Å²) in [6.45, 7) is 0.495. The number of aliphatic imine (C=N–C) groups is 1. The second-order valence-electron chi connectivity index (χ2n) is 5.48. The Bertz CT molecular complexity index is 748. The predicted molar refractivity (Wildman–Crippen MR) is 103 cm³/mol. The summed E-state index contributed by atoms with van der Waals surface area (Å²) in [7, 11) is 3.13. The SMILES string of the molecule is COc1ccc(OC)c(NC(N)=NCC(=O)NCCc2ccccc2)c1. The number of carbonyl (C=O) groups is 1. The minimum Gasteiger partial charge on any atom is -0.497 e. The van der Waals surface area contributed by atoms with Gasteiger partial charge in [-0.15, -0.1) is 0 Å². The summed E-state index contributed by atoms with van der Waals surface area (Å²) in [6.07, 6.45) is 0.769. The lowest BCUT2D eigenvalue weighted by atomic mass is 10.1. The standard InChI is InChI=1S/C19H24N4O3/c1-25-15-8-9-17(26-2)16(12-15)23-19(20)22-13-18(24)21-11-10-14-6-4-3-5-7-14/h3-9,12H,10-11,13H2,1-2H3,(H,21,24)(H3,20,22,23). The van der Waals surface area contributed by atoms with Crippen molar-refractivity contribution in [2.45, 2.75) is 6.42 Å². The molecule has 0 fully saturated rings. The number of ether oxygens (including phenoxy) is 2. The molecule has 0 spiro atoms. The fourth-order valence-corrected chi connectivity index (χ4v) is 2.29. The summed E-state index contributed by atoms with van der Waals surface area (Å²) in [4.78, 5) is 15.9. The number of carbonyl (C=O) groups excluding carboxylic acids is 1. The highest BCUT2D eigenvalue weighted by Gasteiger charge is 2.07. The van der Waals surface area contributed by atoms with Gasteiger partial charge in [0.25, 0.3) is 0 Å². The molecule has 4 N–H and O–H groups in total. The van der Waals surface area contributed by atoms with Crippen molar-refractivity contribution in [3.63, 3.8) is 0 Å². The summed E-state index contributed by atoms with van der Waals surface area (Å²) in [5.41, 5.74) is 7.63. The lowest BCUT2D eigenvalue weighted by Gasteiger charge is -2.12. The maximum atomic E-state index is 11.9. The maximum absolute atomic E-state index is 11.9. The second-order valence-corrected chi connectivity index (χ2v) is 5.48. The molecule has 2 aromatic carbocycles. The van der Waals surface area contributed by atoms with Crippen molar-refractivity contribution in [1.82, 2.24) is 5.32 Å². The lowest BCUT2D eigenvalue weighted by molar-refractivity contribution is -0.119. The molecule has 0 atom stereocenters. The Labute approximate surface area is 153 Å². The van der Waals surface area contributed by atoms with Gasteiger partial charge in [0.2, 0.25) is 5.91 Å². The average molecular weight is 356 g/mol. The van der Waals surface area contributed by atoms with Crippen molar-refractivity contribution in [3.8, 4) is 11.5 Å². The van der Waals surface area contributed by atoms with E-state index in [-0.39, 0.29) is 18.4 Å². The van der Waals surface area contributed by atoms with Crippen LogP contribution in [0.1, 0.15) is 5.56 Å². The molecule has 0 saturated carbocycles. The zero-order chi connectivity index (χ0) is 18.8. The number of nitrogens with one attached hydrogen (secondary N) is 2. The molecular weight excluding hydrogens is 332 g/mol. The molecule has 0 aromatic heterocycles. The summed E-state index contributed by atoms with van der Waals surface area (Å²) >= 11 is 0.